The van der Waals surface area contributed by atoms with Crippen molar-refractivity contribution in [1.82, 2.24) is 5.43 Å². The lowest BCUT2D eigenvalue weighted by molar-refractivity contribution is -0.122. The number of nitrogens with two attached hydrogens (primary N) is 1. The molecule has 72 valence electrons. The second-order valence-corrected chi connectivity index (χ2v) is 3.28. The molecule has 1 atom stereocenters. The Hall–Kier alpha value is -1.68. The summed E-state index contributed by atoms with van der Waals surface area (Å²) in [5.74, 6) is 4.34. The zero-order valence-corrected chi connectivity index (χ0v) is 7.49. The van der Waals surface area contributed by atoms with Crippen LogP contribution in [0.25, 0.3) is 0 Å². The molecule has 0 aromatic heterocycles. The van der Waals surface area contributed by atoms with E-state index in [-0.39, 0.29) is 18.1 Å². The Morgan fingerprint density at radius 3 is 2.86 bits per heavy atom. The topological polar surface area (TPSA) is 72.2 Å². The van der Waals surface area contributed by atoms with Gasteiger partial charge < -0.3 is 0 Å². The van der Waals surface area contributed by atoms with Crippen LogP contribution >= 0.6 is 0 Å². The van der Waals surface area contributed by atoms with E-state index in [1.807, 2.05) is 6.07 Å². The predicted octanol–water partition coefficient (Wildman–Crippen LogP) is 0.346. The smallest absolute Gasteiger partial charge is 0.241 e. The van der Waals surface area contributed by atoms with Gasteiger partial charge in [-0.25, -0.2) is 5.84 Å². The number of amides is 1. The number of Topliss-reactive ketones (excluding diaryl/α,β-unsaturated/α-hetero) is 1. The number of hydrazine groups is 1. The first-order chi connectivity index (χ1) is 6.74. The van der Waals surface area contributed by atoms with E-state index in [0.29, 0.717) is 5.56 Å². The Morgan fingerprint density at radius 2 is 2.14 bits per heavy atom. The van der Waals surface area contributed by atoms with E-state index >= 15 is 0 Å². The number of carbonyl (C=O) groups is 2. The van der Waals surface area contributed by atoms with Gasteiger partial charge in [-0.05, 0) is 5.56 Å². The van der Waals surface area contributed by atoms with E-state index in [1.165, 1.54) is 0 Å². The number of rotatable bonds is 1. The molecule has 1 aromatic rings. The summed E-state index contributed by atoms with van der Waals surface area (Å²) in [4.78, 5) is 22.8. The van der Waals surface area contributed by atoms with Gasteiger partial charge in [-0.2, -0.15) is 0 Å². The number of ketones is 1. The van der Waals surface area contributed by atoms with Crippen molar-refractivity contribution in [3.63, 3.8) is 0 Å². The molecule has 1 aliphatic rings. The van der Waals surface area contributed by atoms with Gasteiger partial charge in [0.2, 0.25) is 5.91 Å². The maximum atomic E-state index is 11.5. The summed E-state index contributed by atoms with van der Waals surface area (Å²) in [5, 5.41) is 0. The van der Waals surface area contributed by atoms with Crippen molar-refractivity contribution in [3.8, 4) is 0 Å². The Labute approximate surface area is 81.1 Å². The SMILES string of the molecule is NNC(=O)[C@@H]1CC(=O)c2ccccc21. The largest absolute Gasteiger partial charge is 0.294 e. The van der Waals surface area contributed by atoms with Crippen LogP contribution in [0.4, 0.5) is 0 Å². The summed E-state index contributed by atoms with van der Waals surface area (Å²) < 4.78 is 0. The van der Waals surface area contributed by atoms with Gasteiger partial charge >= 0.3 is 0 Å². The van der Waals surface area contributed by atoms with Crippen LogP contribution in [0.2, 0.25) is 0 Å². The third-order valence-corrected chi connectivity index (χ3v) is 2.48. The molecule has 1 aliphatic carbocycles. The molecule has 0 heterocycles. The average Bonchev–Trinajstić information content (AvgIpc) is 2.56. The molecule has 1 aromatic carbocycles. The zero-order chi connectivity index (χ0) is 10.1. The van der Waals surface area contributed by atoms with Crippen LogP contribution in [0.3, 0.4) is 0 Å². The minimum absolute atomic E-state index is 0.00852. The van der Waals surface area contributed by atoms with E-state index in [0.717, 1.165) is 5.56 Å². The molecule has 0 unspecified atom stereocenters. The number of benzene rings is 1. The van der Waals surface area contributed by atoms with Crippen molar-refractivity contribution in [2.75, 3.05) is 0 Å². The van der Waals surface area contributed by atoms with Crippen LogP contribution in [-0.2, 0) is 4.79 Å². The lowest BCUT2D eigenvalue weighted by Gasteiger charge is -2.07. The standard InChI is InChI=1S/C10H10N2O2/c11-12-10(14)8-5-9(13)7-4-2-1-3-6(7)8/h1-4,8H,5,11H2,(H,12,14)/t8-/m1/s1. The number of hydrogen-bond donors (Lipinski definition) is 2. The maximum Gasteiger partial charge on any atom is 0.241 e. The summed E-state index contributed by atoms with van der Waals surface area (Å²) >= 11 is 0. The molecule has 3 N–H and O–H groups in total. The first-order valence-electron chi connectivity index (χ1n) is 4.36. The molecule has 4 heteroatoms. The number of fused-ring (bicyclic) bond motifs is 1. The zero-order valence-electron chi connectivity index (χ0n) is 7.49. The van der Waals surface area contributed by atoms with Gasteiger partial charge in [-0.3, -0.25) is 15.0 Å². The van der Waals surface area contributed by atoms with E-state index in [9.17, 15) is 9.59 Å². The lowest BCUT2D eigenvalue weighted by atomic mass is 10.0. The van der Waals surface area contributed by atoms with Crippen molar-refractivity contribution in [3.05, 3.63) is 35.4 Å². The van der Waals surface area contributed by atoms with Gasteiger partial charge in [0.25, 0.3) is 0 Å². The molecular formula is C10H10N2O2. The normalized spacial score (nSPS) is 19.2. The van der Waals surface area contributed by atoms with Gasteiger partial charge in [0, 0.05) is 12.0 Å². The highest BCUT2D eigenvalue weighted by atomic mass is 16.2. The van der Waals surface area contributed by atoms with Gasteiger partial charge in [0.1, 0.15) is 0 Å². The van der Waals surface area contributed by atoms with E-state index in [2.05, 4.69) is 5.43 Å². The molecular weight excluding hydrogens is 180 g/mol. The Kier molecular flexibility index (Phi) is 2.05. The minimum atomic E-state index is -0.413. The van der Waals surface area contributed by atoms with Gasteiger partial charge in [-0.15, -0.1) is 0 Å². The quantitative estimate of drug-likeness (QED) is 0.381. The van der Waals surface area contributed by atoms with Crippen molar-refractivity contribution < 1.29 is 9.59 Å². The molecule has 0 saturated carbocycles. The summed E-state index contributed by atoms with van der Waals surface area (Å²) in [5.41, 5.74) is 3.50. The van der Waals surface area contributed by atoms with Crippen LogP contribution in [-0.4, -0.2) is 11.7 Å². The highest BCUT2D eigenvalue weighted by Crippen LogP contribution is 2.32. The molecule has 0 saturated heterocycles. The molecule has 0 aliphatic heterocycles. The van der Waals surface area contributed by atoms with Gasteiger partial charge in [0.15, 0.2) is 5.78 Å². The number of carbonyl (C=O) groups excluding carboxylic acids is 2. The number of nitrogens with one attached hydrogen (secondary N) is 1. The first kappa shape index (κ1) is 8.90. The Morgan fingerprint density at radius 1 is 1.43 bits per heavy atom. The molecule has 4 nitrogen and oxygen atoms in total. The molecule has 0 bridgehead atoms. The molecule has 0 spiro atoms. The fourth-order valence-corrected chi connectivity index (χ4v) is 1.79. The summed E-state index contributed by atoms with van der Waals surface area (Å²) in [6.45, 7) is 0. The summed E-state index contributed by atoms with van der Waals surface area (Å²) in [7, 11) is 0. The van der Waals surface area contributed by atoms with Crippen molar-refractivity contribution >= 4 is 11.7 Å². The average molecular weight is 190 g/mol. The van der Waals surface area contributed by atoms with Crippen molar-refractivity contribution in [2.24, 2.45) is 5.84 Å². The van der Waals surface area contributed by atoms with Crippen LogP contribution < -0.4 is 11.3 Å². The molecule has 0 fully saturated rings. The van der Waals surface area contributed by atoms with Crippen LogP contribution in [0.1, 0.15) is 28.3 Å². The second-order valence-electron chi connectivity index (χ2n) is 3.28. The van der Waals surface area contributed by atoms with Crippen molar-refractivity contribution in [2.45, 2.75) is 12.3 Å². The molecule has 0 radical (unpaired) electrons. The third-order valence-electron chi connectivity index (χ3n) is 2.48. The lowest BCUT2D eigenvalue weighted by Crippen LogP contribution is -2.34. The third kappa shape index (κ3) is 1.20. The minimum Gasteiger partial charge on any atom is -0.294 e. The van der Waals surface area contributed by atoms with Crippen molar-refractivity contribution in [1.29, 1.82) is 0 Å². The van der Waals surface area contributed by atoms with Crippen LogP contribution in [0.15, 0.2) is 24.3 Å². The monoisotopic (exact) mass is 190 g/mol. The summed E-state index contributed by atoms with van der Waals surface area (Å²) in [6.07, 6.45) is 0.225. The first-order valence-corrected chi connectivity index (χ1v) is 4.36. The van der Waals surface area contributed by atoms with Gasteiger partial charge in [0.05, 0.1) is 5.92 Å². The highest BCUT2D eigenvalue weighted by molar-refractivity contribution is 6.06. The van der Waals surface area contributed by atoms with Gasteiger partial charge in [-0.1, -0.05) is 24.3 Å². The van der Waals surface area contributed by atoms with E-state index < -0.39 is 5.92 Å². The van der Waals surface area contributed by atoms with Crippen LogP contribution in [0, 0.1) is 0 Å². The summed E-state index contributed by atoms with van der Waals surface area (Å²) in [6, 6.07) is 7.13. The fourth-order valence-electron chi connectivity index (χ4n) is 1.79. The van der Waals surface area contributed by atoms with E-state index in [1.54, 1.807) is 18.2 Å². The predicted molar refractivity (Wildman–Crippen MR) is 50.5 cm³/mol. The highest BCUT2D eigenvalue weighted by Gasteiger charge is 2.33. The molecule has 2 rings (SSSR count). The molecule has 14 heavy (non-hydrogen) atoms. The second kappa shape index (κ2) is 3.23. The maximum absolute atomic E-state index is 11.5. The molecule has 1 amide bonds. The number of hydrogen-bond acceptors (Lipinski definition) is 3. The van der Waals surface area contributed by atoms with E-state index in [4.69, 9.17) is 5.84 Å². The van der Waals surface area contributed by atoms with Crippen LogP contribution in [0.5, 0.6) is 0 Å². The fraction of sp³-hybridized carbons (Fsp3) is 0.200. The Bertz CT molecular complexity index is 401. The Balaban J connectivity index is 2.44.